The maximum atomic E-state index is 6.14. The lowest BCUT2D eigenvalue weighted by Gasteiger charge is -2.20. The number of rotatable bonds is 4. The first kappa shape index (κ1) is 30.2. The highest BCUT2D eigenvalue weighted by Gasteiger charge is 2.38. The van der Waals surface area contributed by atoms with Crippen molar-refractivity contribution < 1.29 is 4.42 Å². The number of hydrogen-bond donors (Lipinski definition) is 0. The van der Waals surface area contributed by atoms with Gasteiger partial charge in [-0.15, -0.1) is 0 Å². The van der Waals surface area contributed by atoms with Crippen LogP contribution in [0.1, 0.15) is 0 Å². The lowest BCUT2D eigenvalue weighted by molar-refractivity contribution is 0.669. The molecular weight excluding hydrogens is 659 g/mol. The van der Waals surface area contributed by atoms with Crippen molar-refractivity contribution in [1.82, 2.24) is 4.57 Å². The number of furan rings is 1. The van der Waals surface area contributed by atoms with Crippen LogP contribution in [-0.2, 0) is 0 Å². The Kier molecular flexibility index (Phi) is 6.44. The van der Waals surface area contributed by atoms with E-state index in [9.17, 15) is 0 Å². The van der Waals surface area contributed by atoms with Crippen molar-refractivity contribution >= 4 is 62.2 Å². The van der Waals surface area contributed by atoms with Crippen LogP contribution in [0.15, 0.2) is 180 Å². The van der Waals surface area contributed by atoms with Crippen molar-refractivity contribution in [3.63, 3.8) is 0 Å². The second-order valence-corrected chi connectivity index (χ2v) is 19.3. The van der Waals surface area contributed by atoms with Gasteiger partial charge in [0, 0.05) is 27.2 Å². The average molecular weight is 694 g/mol. The molecule has 0 bridgehead atoms. The molecule has 250 valence electrons. The van der Waals surface area contributed by atoms with Crippen molar-refractivity contribution in [1.29, 1.82) is 0 Å². The molecule has 0 saturated heterocycles. The Morgan fingerprint density at radius 2 is 0.868 bits per heavy atom. The zero-order valence-corrected chi connectivity index (χ0v) is 30.6. The van der Waals surface area contributed by atoms with Gasteiger partial charge in [0.05, 0.1) is 11.0 Å². The largest absolute Gasteiger partial charge is 0.456 e. The topological polar surface area (TPSA) is 18.1 Å². The predicted octanol–water partition coefficient (Wildman–Crippen LogP) is 12.5. The molecule has 0 atom stereocenters. The maximum absolute atomic E-state index is 6.14. The molecule has 8 aromatic carbocycles. The van der Waals surface area contributed by atoms with Gasteiger partial charge in [0.2, 0.25) is 0 Å². The van der Waals surface area contributed by atoms with Gasteiger partial charge < -0.3 is 8.98 Å². The minimum atomic E-state index is -2.05. The lowest BCUT2D eigenvalue weighted by Crippen LogP contribution is -2.49. The number of aromatic nitrogens is 1. The number of hydrogen-bond acceptors (Lipinski definition) is 1. The first-order chi connectivity index (χ1) is 26.0. The lowest BCUT2D eigenvalue weighted by atomic mass is 9.99. The Bertz CT molecular complexity index is 2980. The molecule has 0 radical (unpaired) electrons. The summed E-state index contributed by atoms with van der Waals surface area (Å²) in [6.45, 7) is 5.03. The molecule has 10 aromatic rings. The van der Waals surface area contributed by atoms with Crippen LogP contribution in [0.5, 0.6) is 0 Å². The molecule has 0 N–H and O–H groups in total. The van der Waals surface area contributed by atoms with Crippen LogP contribution >= 0.6 is 0 Å². The predicted molar refractivity (Wildman–Crippen MR) is 227 cm³/mol. The summed E-state index contributed by atoms with van der Waals surface area (Å²) in [5.41, 5.74) is 15.7. The smallest absolute Gasteiger partial charge is 0.135 e. The quantitative estimate of drug-likeness (QED) is 0.168. The normalized spacial score (nSPS) is 13.2. The van der Waals surface area contributed by atoms with Gasteiger partial charge >= 0.3 is 0 Å². The number of fused-ring (bicyclic) bond motifs is 9. The van der Waals surface area contributed by atoms with E-state index in [2.05, 4.69) is 181 Å². The summed E-state index contributed by atoms with van der Waals surface area (Å²) >= 11 is 0. The fourth-order valence-corrected chi connectivity index (χ4v) is 12.0. The Labute approximate surface area is 309 Å². The second kappa shape index (κ2) is 11.3. The second-order valence-electron chi connectivity index (χ2n) is 15.0. The zero-order valence-electron chi connectivity index (χ0n) is 29.6. The van der Waals surface area contributed by atoms with E-state index in [1.165, 1.54) is 87.8 Å². The van der Waals surface area contributed by atoms with E-state index >= 15 is 0 Å². The summed E-state index contributed by atoms with van der Waals surface area (Å²) in [6, 6.07) is 64.7. The Morgan fingerprint density at radius 1 is 0.377 bits per heavy atom. The van der Waals surface area contributed by atoms with Crippen LogP contribution in [0.4, 0.5) is 0 Å². The summed E-state index contributed by atoms with van der Waals surface area (Å²) in [7, 11) is -2.05. The molecular formula is C50H35NOSi. The Balaban J connectivity index is 1.05. The third-order valence-electron chi connectivity index (χ3n) is 11.6. The average Bonchev–Trinajstić information content (AvgIpc) is 3.82. The van der Waals surface area contributed by atoms with Crippen molar-refractivity contribution in [3.05, 3.63) is 176 Å². The first-order valence-corrected chi connectivity index (χ1v) is 21.4. The van der Waals surface area contributed by atoms with Gasteiger partial charge in [-0.05, 0) is 109 Å². The highest BCUT2D eigenvalue weighted by molar-refractivity contribution is 7.03. The molecule has 2 nitrogen and oxygen atoms in total. The fourth-order valence-electron chi connectivity index (χ4n) is 8.87. The van der Waals surface area contributed by atoms with Crippen LogP contribution in [-0.4, -0.2) is 12.6 Å². The van der Waals surface area contributed by atoms with Crippen molar-refractivity contribution in [2.24, 2.45) is 0 Å². The van der Waals surface area contributed by atoms with E-state index in [0.29, 0.717) is 0 Å². The van der Waals surface area contributed by atoms with Gasteiger partial charge in [-0.25, -0.2) is 0 Å². The molecule has 0 unspecified atom stereocenters. The van der Waals surface area contributed by atoms with E-state index in [1.807, 2.05) is 12.1 Å². The molecule has 11 rings (SSSR count). The fraction of sp³-hybridized carbons (Fsp3) is 0.0400. The SMILES string of the molecule is C[Si]1(C)c2cc(-c3ccc4oc5ccccc5c4c3)ccc2-c2ccc(-n3c4ccc(-c5ccccc5)cc4c4cc(-c5ccccc5)ccc43)cc21. The summed E-state index contributed by atoms with van der Waals surface area (Å²) in [5, 5.41) is 7.87. The molecule has 2 aromatic heterocycles. The molecule has 1 aliphatic rings. The number of para-hydroxylation sites is 1. The van der Waals surface area contributed by atoms with Crippen molar-refractivity contribution in [3.8, 4) is 50.2 Å². The summed E-state index contributed by atoms with van der Waals surface area (Å²) in [4.78, 5) is 0. The molecule has 1 aliphatic heterocycles. The van der Waals surface area contributed by atoms with E-state index < -0.39 is 8.07 Å². The minimum absolute atomic E-state index is 0.934. The first-order valence-electron chi connectivity index (χ1n) is 18.4. The number of benzene rings is 8. The Hall–Kier alpha value is -6.42. The van der Waals surface area contributed by atoms with E-state index in [4.69, 9.17) is 4.42 Å². The molecule has 0 amide bonds. The van der Waals surface area contributed by atoms with Gasteiger partial charge in [-0.1, -0.05) is 134 Å². The van der Waals surface area contributed by atoms with Crippen LogP contribution in [0.2, 0.25) is 13.1 Å². The van der Waals surface area contributed by atoms with E-state index in [1.54, 1.807) is 0 Å². The van der Waals surface area contributed by atoms with Gasteiger partial charge in [-0.2, -0.15) is 0 Å². The molecule has 0 saturated carbocycles. The van der Waals surface area contributed by atoms with Gasteiger partial charge in [0.1, 0.15) is 19.2 Å². The highest BCUT2D eigenvalue weighted by Crippen LogP contribution is 2.39. The van der Waals surface area contributed by atoms with Crippen LogP contribution < -0.4 is 10.4 Å². The Morgan fingerprint density at radius 3 is 1.55 bits per heavy atom. The van der Waals surface area contributed by atoms with Gasteiger partial charge in [0.25, 0.3) is 0 Å². The van der Waals surface area contributed by atoms with Crippen LogP contribution in [0, 0.1) is 0 Å². The standard InChI is InChI=1S/C50H35NOSi/c1-53(2)49-30-37(36-20-26-48-44(29-36)39-15-9-10-16-47(39)52-48)17-22-40(49)41-23-21-38(31-50(41)53)51-45-24-18-34(32-11-5-3-6-12-32)27-42(45)43-28-35(19-25-46(43)51)33-13-7-4-8-14-33/h3-31H,1-2H3. The molecule has 53 heavy (non-hydrogen) atoms. The summed E-state index contributed by atoms with van der Waals surface area (Å²) in [5.74, 6) is 0. The highest BCUT2D eigenvalue weighted by atomic mass is 28.3. The monoisotopic (exact) mass is 693 g/mol. The number of nitrogens with zero attached hydrogens (tertiary/aromatic N) is 1. The minimum Gasteiger partial charge on any atom is -0.456 e. The van der Waals surface area contributed by atoms with E-state index in [0.717, 1.165) is 16.6 Å². The molecule has 0 aliphatic carbocycles. The van der Waals surface area contributed by atoms with Crippen molar-refractivity contribution in [2.75, 3.05) is 0 Å². The van der Waals surface area contributed by atoms with Crippen molar-refractivity contribution in [2.45, 2.75) is 13.1 Å². The molecule has 0 spiro atoms. The van der Waals surface area contributed by atoms with Crippen LogP contribution in [0.3, 0.4) is 0 Å². The van der Waals surface area contributed by atoms with Gasteiger partial charge in [0.15, 0.2) is 0 Å². The summed E-state index contributed by atoms with van der Waals surface area (Å²) in [6.07, 6.45) is 0. The molecule has 3 heteroatoms. The van der Waals surface area contributed by atoms with E-state index in [-0.39, 0.29) is 0 Å². The maximum Gasteiger partial charge on any atom is 0.135 e. The third kappa shape index (κ3) is 4.57. The molecule has 0 fully saturated rings. The molecule has 3 heterocycles. The van der Waals surface area contributed by atoms with Gasteiger partial charge in [-0.3, -0.25) is 0 Å². The van der Waals surface area contributed by atoms with Crippen LogP contribution in [0.25, 0.3) is 93.9 Å². The third-order valence-corrected chi connectivity index (χ3v) is 15.1. The summed E-state index contributed by atoms with van der Waals surface area (Å²) < 4.78 is 8.63. The zero-order chi connectivity index (χ0) is 35.3.